The molecule has 83 valence electrons. The predicted molar refractivity (Wildman–Crippen MR) is 61.5 cm³/mol. The van der Waals surface area contributed by atoms with Gasteiger partial charge in [0.15, 0.2) is 0 Å². The van der Waals surface area contributed by atoms with Crippen LogP contribution in [0.2, 0.25) is 0 Å². The fraction of sp³-hybridized carbons (Fsp3) is 0.500. The van der Waals surface area contributed by atoms with E-state index >= 15 is 0 Å². The third-order valence-electron chi connectivity index (χ3n) is 2.45. The van der Waals surface area contributed by atoms with Crippen molar-refractivity contribution >= 4 is 5.69 Å². The summed E-state index contributed by atoms with van der Waals surface area (Å²) in [4.78, 5) is 2.29. The van der Waals surface area contributed by atoms with Crippen LogP contribution in [0, 0.1) is 11.9 Å². The Balaban J connectivity index is 2.34. The van der Waals surface area contributed by atoms with E-state index in [1.165, 1.54) is 6.07 Å². The molecule has 0 bridgehead atoms. The molecule has 0 saturated carbocycles. The molecule has 0 heterocycles. The lowest BCUT2D eigenvalue weighted by Gasteiger charge is -2.18. The quantitative estimate of drug-likeness (QED) is 0.774. The summed E-state index contributed by atoms with van der Waals surface area (Å²) in [6.45, 7) is 8.02. The van der Waals surface area contributed by atoms with Crippen LogP contribution in [0.25, 0.3) is 0 Å². The second-order valence-corrected chi connectivity index (χ2v) is 3.36. The molecule has 0 spiro atoms. The van der Waals surface area contributed by atoms with E-state index in [2.05, 4.69) is 30.1 Å². The van der Waals surface area contributed by atoms with Crippen molar-refractivity contribution in [3.63, 3.8) is 0 Å². The Hall–Kier alpha value is -1.09. The average molecular weight is 209 g/mol. The van der Waals surface area contributed by atoms with Crippen LogP contribution < -0.4 is 5.32 Å². The van der Waals surface area contributed by atoms with E-state index in [-0.39, 0.29) is 5.82 Å². The number of likely N-dealkylation sites (N-methyl/N-ethyl adjacent to an activating group) is 1. The summed E-state index contributed by atoms with van der Waals surface area (Å²) in [5.74, 6) is -0.239. The molecule has 0 atom stereocenters. The maximum absolute atomic E-state index is 13.2. The summed E-state index contributed by atoms with van der Waals surface area (Å²) in [6.07, 6.45) is 0. The van der Waals surface area contributed by atoms with Crippen LogP contribution in [0.5, 0.6) is 0 Å². The van der Waals surface area contributed by atoms with Gasteiger partial charge in [0.1, 0.15) is 5.82 Å². The van der Waals surface area contributed by atoms with Gasteiger partial charge in [-0.15, -0.1) is 0 Å². The number of hydrogen-bond acceptors (Lipinski definition) is 2. The first-order valence-electron chi connectivity index (χ1n) is 5.39. The van der Waals surface area contributed by atoms with Crippen LogP contribution in [0.4, 0.5) is 10.1 Å². The lowest BCUT2D eigenvalue weighted by atomic mass is 10.3. The zero-order valence-corrected chi connectivity index (χ0v) is 9.39. The van der Waals surface area contributed by atoms with E-state index in [9.17, 15) is 4.39 Å². The smallest absolute Gasteiger partial charge is 0.146 e. The Morgan fingerprint density at radius 2 is 2.13 bits per heavy atom. The largest absolute Gasteiger partial charge is 0.381 e. The lowest BCUT2D eigenvalue weighted by molar-refractivity contribution is 0.316. The molecule has 0 fully saturated rings. The molecule has 0 aliphatic rings. The third-order valence-corrected chi connectivity index (χ3v) is 2.45. The minimum absolute atomic E-state index is 0.239. The van der Waals surface area contributed by atoms with Gasteiger partial charge in [-0.05, 0) is 31.3 Å². The van der Waals surface area contributed by atoms with Crippen molar-refractivity contribution in [2.75, 3.05) is 31.5 Å². The second kappa shape index (κ2) is 6.40. The van der Waals surface area contributed by atoms with Crippen LogP contribution in [0.15, 0.2) is 18.2 Å². The molecule has 0 aromatic heterocycles. The highest BCUT2D eigenvalue weighted by molar-refractivity contribution is 5.43. The lowest BCUT2D eigenvalue weighted by Crippen LogP contribution is -2.28. The van der Waals surface area contributed by atoms with Gasteiger partial charge in [0, 0.05) is 13.1 Å². The Labute approximate surface area is 91.1 Å². The number of rotatable bonds is 6. The predicted octanol–water partition coefficient (Wildman–Crippen LogP) is 2.38. The van der Waals surface area contributed by atoms with Crippen LogP contribution >= 0.6 is 0 Å². The fourth-order valence-corrected chi connectivity index (χ4v) is 1.44. The number of hydrogen-bond donors (Lipinski definition) is 1. The molecule has 0 amide bonds. The van der Waals surface area contributed by atoms with E-state index in [1.54, 1.807) is 12.1 Å². The highest BCUT2D eigenvalue weighted by atomic mass is 19.1. The zero-order chi connectivity index (χ0) is 11.1. The minimum atomic E-state index is -0.239. The van der Waals surface area contributed by atoms with E-state index in [1.807, 2.05) is 0 Å². The zero-order valence-electron chi connectivity index (χ0n) is 9.39. The van der Waals surface area contributed by atoms with Gasteiger partial charge in [-0.3, -0.25) is 0 Å². The van der Waals surface area contributed by atoms with Crippen LogP contribution in [0.3, 0.4) is 0 Å². The van der Waals surface area contributed by atoms with E-state index in [0.29, 0.717) is 5.69 Å². The average Bonchev–Trinajstić information content (AvgIpc) is 2.27. The standard InChI is InChI=1S/C12H18FN2/c1-3-15(4-2)10-9-14-12-8-6-5-7-11(12)13/h6-8,14H,3-4,9-10H2,1-2H3. The molecular formula is C12H18FN2. The summed E-state index contributed by atoms with van der Waals surface area (Å²) in [6, 6.07) is 7.46. The van der Waals surface area contributed by atoms with Crippen molar-refractivity contribution in [2.24, 2.45) is 0 Å². The minimum Gasteiger partial charge on any atom is -0.381 e. The molecule has 1 aromatic carbocycles. The number of anilines is 1. The molecule has 0 aliphatic heterocycles. The van der Waals surface area contributed by atoms with E-state index < -0.39 is 0 Å². The van der Waals surface area contributed by atoms with E-state index in [4.69, 9.17) is 0 Å². The summed E-state index contributed by atoms with van der Waals surface area (Å²) in [5, 5.41) is 3.08. The molecule has 1 radical (unpaired) electrons. The fourth-order valence-electron chi connectivity index (χ4n) is 1.44. The normalized spacial score (nSPS) is 10.7. The number of nitrogens with one attached hydrogen (secondary N) is 1. The van der Waals surface area contributed by atoms with Crippen molar-refractivity contribution in [2.45, 2.75) is 13.8 Å². The van der Waals surface area contributed by atoms with Crippen LogP contribution in [-0.2, 0) is 0 Å². The van der Waals surface area contributed by atoms with Crippen LogP contribution in [0.1, 0.15) is 13.8 Å². The highest BCUT2D eigenvalue weighted by Gasteiger charge is 2.01. The summed E-state index contributed by atoms with van der Waals surface area (Å²) in [7, 11) is 0. The maximum atomic E-state index is 13.2. The molecule has 1 N–H and O–H groups in total. The highest BCUT2D eigenvalue weighted by Crippen LogP contribution is 2.11. The maximum Gasteiger partial charge on any atom is 0.146 e. The van der Waals surface area contributed by atoms with Gasteiger partial charge in [-0.25, -0.2) is 4.39 Å². The van der Waals surface area contributed by atoms with Gasteiger partial charge in [-0.1, -0.05) is 19.9 Å². The molecule has 1 aromatic rings. The van der Waals surface area contributed by atoms with Crippen LogP contribution in [-0.4, -0.2) is 31.1 Å². The Morgan fingerprint density at radius 1 is 1.40 bits per heavy atom. The first-order valence-corrected chi connectivity index (χ1v) is 5.39. The van der Waals surface area contributed by atoms with Gasteiger partial charge >= 0.3 is 0 Å². The molecule has 3 heteroatoms. The van der Waals surface area contributed by atoms with Crippen molar-refractivity contribution in [1.82, 2.24) is 4.90 Å². The molecule has 0 aliphatic carbocycles. The Bertz CT molecular complexity index is 285. The third kappa shape index (κ3) is 3.88. The molecule has 2 nitrogen and oxygen atoms in total. The van der Waals surface area contributed by atoms with Gasteiger partial charge < -0.3 is 10.2 Å². The summed E-state index contributed by atoms with van der Waals surface area (Å²) >= 11 is 0. The van der Waals surface area contributed by atoms with Gasteiger partial charge in [0.05, 0.1) is 5.69 Å². The van der Waals surface area contributed by atoms with Crippen molar-refractivity contribution in [3.05, 3.63) is 30.1 Å². The molecule has 1 rings (SSSR count). The molecule has 0 saturated heterocycles. The van der Waals surface area contributed by atoms with Crippen molar-refractivity contribution < 1.29 is 4.39 Å². The molecule has 15 heavy (non-hydrogen) atoms. The Morgan fingerprint density at radius 3 is 2.73 bits per heavy atom. The van der Waals surface area contributed by atoms with Crippen molar-refractivity contribution in [1.29, 1.82) is 0 Å². The molecular weight excluding hydrogens is 191 g/mol. The first kappa shape index (κ1) is 12.0. The van der Waals surface area contributed by atoms with E-state index in [0.717, 1.165) is 26.2 Å². The topological polar surface area (TPSA) is 15.3 Å². The number of benzene rings is 1. The second-order valence-electron chi connectivity index (χ2n) is 3.36. The van der Waals surface area contributed by atoms with Crippen molar-refractivity contribution in [3.8, 4) is 0 Å². The molecule has 0 unspecified atom stereocenters. The summed E-state index contributed by atoms with van der Waals surface area (Å²) < 4.78 is 13.2. The Kier molecular flexibility index (Phi) is 5.12. The number of halogens is 1. The monoisotopic (exact) mass is 209 g/mol. The first-order chi connectivity index (χ1) is 7.27. The summed E-state index contributed by atoms with van der Waals surface area (Å²) in [5.41, 5.74) is 0.556. The van der Waals surface area contributed by atoms with Gasteiger partial charge in [-0.2, -0.15) is 0 Å². The number of nitrogens with zero attached hydrogens (tertiary/aromatic N) is 1. The van der Waals surface area contributed by atoms with Gasteiger partial charge in [0.25, 0.3) is 0 Å². The SMILES string of the molecule is CCN(CC)CCNc1cc[c]cc1F. The van der Waals surface area contributed by atoms with Gasteiger partial charge in [0.2, 0.25) is 0 Å².